The van der Waals surface area contributed by atoms with Gasteiger partial charge >= 0.3 is 0 Å². The molecule has 0 aromatic heterocycles. The third-order valence-electron chi connectivity index (χ3n) is 4.96. The van der Waals surface area contributed by atoms with Gasteiger partial charge in [-0.2, -0.15) is 0 Å². The zero-order chi connectivity index (χ0) is 17.9. The molecule has 0 aromatic carbocycles. The summed E-state index contributed by atoms with van der Waals surface area (Å²) < 4.78 is 0. The van der Waals surface area contributed by atoms with Gasteiger partial charge < -0.3 is 17.3 Å². The Morgan fingerprint density at radius 3 is 1.32 bits per heavy atom. The Kier molecular flexibility index (Phi) is 23.8. The number of halogens is 1. The van der Waals surface area contributed by atoms with Crippen molar-refractivity contribution in [2.75, 3.05) is 20.6 Å². The minimum absolute atomic E-state index is 0. The highest BCUT2D eigenvalue weighted by Crippen LogP contribution is 2.13. The summed E-state index contributed by atoms with van der Waals surface area (Å²) in [7, 11) is 4.22. The predicted molar refractivity (Wildman–Crippen MR) is 107 cm³/mol. The molecule has 0 aliphatic rings. The quantitative estimate of drug-likeness (QED) is 0.344. The smallest absolute Gasteiger partial charge is 0.138 e. The summed E-state index contributed by atoms with van der Waals surface area (Å²) in [5.74, 6) is 0.464. The molecule has 1 N–H and O–H groups in total. The Balaban J connectivity index is 0. The molecule has 0 heterocycles. The third kappa shape index (κ3) is 23.9. The van der Waals surface area contributed by atoms with Gasteiger partial charge in [-0.15, -0.1) is 0 Å². The van der Waals surface area contributed by atoms with Crippen LogP contribution in [0.15, 0.2) is 0 Å². The maximum Gasteiger partial charge on any atom is 0.138 e. The molecule has 0 atom stereocenters. The molecule has 0 spiro atoms. The van der Waals surface area contributed by atoms with Gasteiger partial charge in [0.05, 0.1) is 27.1 Å². The summed E-state index contributed by atoms with van der Waals surface area (Å²) in [5.41, 5.74) is 0. The highest BCUT2D eigenvalue weighted by Gasteiger charge is 2.04. The minimum Gasteiger partial charge on any atom is -1.00 e. The number of unbranched alkanes of at least 4 members (excludes halogenated alkanes) is 14. The maximum absolute atomic E-state index is 11.7. The summed E-state index contributed by atoms with van der Waals surface area (Å²) in [5, 5.41) is 0. The lowest BCUT2D eigenvalue weighted by Crippen LogP contribution is -3.05. The molecule has 3 heteroatoms. The predicted octanol–water partition coefficient (Wildman–Crippen LogP) is 2.36. The fraction of sp³-hybridized carbons (Fsp3) is 0.955. The van der Waals surface area contributed by atoms with E-state index in [1.54, 1.807) is 0 Å². The molecule has 2 nitrogen and oxygen atoms in total. The second-order valence-corrected chi connectivity index (χ2v) is 7.95. The molecule has 0 aliphatic heterocycles. The van der Waals surface area contributed by atoms with Crippen molar-refractivity contribution in [2.45, 2.75) is 116 Å². The molecule has 0 saturated carbocycles. The number of nitrogens with one attached hydrogen (secondary N) is 1. The number of ketones is 1. The molecule has 25 heavy (non-hydrogen) atoms. The second kappa shape index (κ2) is 22.0. The van der Waals surface area contributed by atoms with Crippen LogP contribution < -0.4 is 17.3 Å². The van der Waals surface area contributed by atoms with E-state index in [-0.39, 0.29) is 12.4 Å². The van der Waals surface area contributed by atoms with E-state index in [0.717, 1.165) is 25.8 Å². The van der Waals surface area contributed by atoms with Gasteiger partial charge in [-0.05, 0) is 6.42 Å². The van der Waals surface area contributed by atoms with E-state index >= 15 is 0 Å². The first-order valence-electron chi connectivity index (χ1n) is 11.0. The van der Waals surface area contributed by atoms with Crippen molar-refractivity contribution in [3.05, 3.63) is 0 Å². The van der Waals surface area contributed by atoms with E-state index < -0.39 is 0 Å². The minimum atomic E-state index is 0. The number of quaternary nitrogens is 1. The number of hydrogen-bond donors (Lipinski definition) is 1. The van der Waals surface area contributed by atoms with Gasteiger partial charge in [0.25, 0.3) is 0 Å². The molecule has 0 amide bonds. The van der Waals surface area contributed by atoms with Gasteiger partial charge in [-0.25, -0.2) is 0 Å². The van der Waals surface area contributed by atoms with E-state index in [2.05, 4.69) is 21.0 Å². The van der Waals surface area contributed by atoms with Crippen LogP contribution in [0, 0.1) is 0 Å². The van der Waals surface area contributed by atoms with Crippen molar-refractivity contribution < 1.29 is 22.1 Å². The second-order valence-electron chi connectivity index (χ2n) is 7.95. The lowest BCUT2D eigenvalue weighted by molar-refractivity contribution is -0.857. The van der Waals surface area contributed by atoms with Crippen LogP contribution >= 0.6 is 0 Å². The first-order valence-corrected chi connectivity index (χ1v) is 11.0. The fourth-order valence-corrected chi connectivity index (χ4v) is 3.21. The van der Waals surface area contributed by atoms with Crippen LogP contribution in [0.3, 0.4) is 0 Å². The van der Waals surface area contributed by atoms with Crippen molar-refractivity contribution in [1.82, 2.24) is 0 Å². The number of hydrogen-bond acceptors (Lipinski definition) is 1. The Morgan fingerprint density at radius 2 is 0.960 bits per heavy atom. The zero-order valence-electron chi connectivity index (χ0n) is 17.5. The molecule has 0 rings (SSSR count). The number of carbonyl (C=O) groups is 1. The van der Waals surface area contributed by atoms with E-state index in [1.807, 2.05) is 0 Å². The SMILES string of the molecule is CCCCCCCCCCCCCCCCCC(=O)CC[NH+](C)C.[Cl-]. The van der Waals surface area contributed by atoms with Crippen LogP contribution in [0.1, 0.15) is 116 Å². The Labute approximate surface area is 164 Å². The largest absolute Gasteiger partial charge is 1.00 e. The maximum atomic E-state index is 11.7. The van der Waals surface area contributed by atoms with Crippen molar-refractivity contribution in [3.63, 3.8) is 0 Å². The van der Waals surface area contributed by atoms with Gasteiger partial charge in [0.2, 0.25) is 0 Å². The van der Waals surface area contributed by atoms with E-state index in [0.29, 0.717) is 5.78 Å². The topological polar surface area (TPSA) is 21.5 Å². The number of rotatable bonds is 19. The normalized spacial score (nSPS) is 10.9. The van der Waals surface area contributed by atoms with Crippen LogP contribution in [0.25, 0.3) is 0 Å². The highest BCUT2D eigenvalue weighted by atomic mass is 35.5. The average molecular weight is 376 g/mol. The molecule has 0 fully saturated rings. The monoisotopic (exact) mass is 375 g/mol. The average Bonchev–Trinajstić information content (AvgIpc) is 2.56. The summed E-state index contributed by atoms with van der Waals surface area (Å²) in [6.07, 6.45) is 22.3. The van der Waals surface area contributed by atoms with Crippen LogP contribution in [-0.4, -0.2) is 26.4 Å². The molecular formula is C22H46ClNO. The van der Waals surface area contributed by atoms with Crippen molar-refractivity contribution in [1.29, 1.82) is 0 Å². The van der Waals surface area contributed by atoms with Crippen LogP contribution in [0.2, 0.25) is 0 Å². The fourth-order valence-electron chi connectivity index (χ4n) is 3.21. The Bertz CT molecular complexity index is 269. The van der Waals surface area contributed by atoms with Gasteiger partial charge in [0.15, 0.2) is 0 Å². The standard InChI is InChI=1S/C22H45NO.ClH/c1-4-5-6-7-8-9-10-11-12-13-14-15-16-17-18-19-22(24)20-21-23(2)3;/h4-21H2,1-3H3;1H. The zero-order valence-corrected chi connectivity index (χ0v) is 18.3. The summed E-state index contributed by atoms with van der Waals surface area (Å²) >= 11 is 0. The third-order valence-corrected chi connectivity index (χ3v) is 4.96. The lowest BCUT2D eigenvalue weighted by Gasteiger charge is -2.06. The van der Waals surface area contributed by atoms with Crippen LogP contribution in [0.5, 0.6) is 0 Å². The summed E-state index contributed by atoms with van der Waals surface area (Å²) in [6, 6.07) is 0. The molecule has 0 radical (unpaired) electrons. The Morgan fingerprint density at radius 1 is 0.600 bits per heavy atom. The Hall–Kier alpha value is -0.0800. The van der Waals surface area contributed by atoms with E-state index in [1.165, 1.54) is 94.8 Å². The van der Waals surface area contributed by atoms with E-state index in [9.17, 15) is 4.79 Å². The molecule has 0 unspecified atom stereocenters. The first kappa shape index (κ1) is 27.1. The lowest BCUT2D eigenvalue weighted by atomic mass is 10.0. The molecule has 152 valence electrons. The first-order chi connectivity index (χ1) is 11.7. The highest BCUT2D eigenvalue weighted by molar-refractivity contribution is 5.78. The van der Waals surface area contributed by atoms with Gasteiger partial charge in [0, 0.05) is 6.42 Å². The number of Topliss-reactive ketones (excluding diaryl/α,β-unsaturated/α-hetero) is 1. The molecule has 0 aliphatic carbocycles. The van der Waals surface area contributed by atoms with Crippen LogP contribution in [-0.2, 0) is 4.79 Å². The van der Waals surface area contributed by atoms with Gasteiger partial charge in [-0.1, -0.05) is 96.8 Å². The molecular weight excluding hydrogens is 330 g/mol. The van der Waals surface area contributed by atoms with Crippen LogP contribution in [0.4, 0.5) is 0 Å². The van der Waals surface area contributed by atoms with Gasteiger partial charge in [0.1, 0.15) is 5.78 Å². The molecule has 0 aromatic rings. The van der Waals surface area contributed by atoms with Crippen molar-refractivity contribution in [3.8, 4) is 0 Å². The molecule has 0 bridgehead atoms. The molecule has 0 saturated heterocycles. The van der Waals surface area contributed by atoms with Gasteiger partial charge in [-0.3, -0.25) is 4.79 Å². The number of carbonyl (C=O) groups excluding carboxylic acids is 1. The van der Waals surface area contributed by atoms with Crippen molar-refractivity contribution >= 4 is 5.78 Å². The van der Waals surface area contributed by atoms with E-state index in [4.69, 9.17) is 0 Å². The summed E-state index contributed by atoms with van der Waals surface area (Å²) in [4.78, 5) is 13.0. The summed E-state index contributed by atoms with van der Waals surface area (Å²) in [6.45, 7) is 3.27. The van der Waals surface area contributed by atoms with Crippen molar-refractivity contribution in [2.24, 2.45) is 0 Å².